The molecule has 1 fully saturated rings. The van der Waals surface area contributed by atoms with Gasteiger partial charge in [-0.15, -0.1) is 11.3 Å². The number of rotatable bonds is 5. The number of methoxy groups -OCH3 is 1. The minimum absolute atomic E-state index is 0.0395. The van der Waals surface area contributed by atoms with Crippen LogP contribution in [0, 0.1) is 0 Å². The number of nitrogens with zero attached hydrogens (tertiary/aromatic N) is 2. The molecule has 1 atom stereocenters. The van der Waals surface area contributed by atoms with Gasteiger partial charge >= 0.3 is 0 Å². The highest BCUT2D eigenvalue weighted by atomic mass is 32.1. The van der Waals surface area contributed by atoms with Crippen molar-refractivity contribution in [2.24, 2.45) is 0 Å². The third kappa shape index (κ3) is 2.86. The Balaban J connectivity index is 1.75. The fourth-order valence-electron chi connectivity index (χ4n) is 2.71. The number of aryl methyl sites for hydroxylation is 1. The molecule has 0 saturated carbocycles. The zero-order valence-electron chi connectivity index (χ0n) is 12.9. The lowest BCUT2D eigenvalue weighted by Crippen LogP contribution is -2.45. The van der Waals surface area contributed by atoms with Crippen LogP contribution in [0.5, 0.6) is 5.75 Å². The van der Waals surface area contributed by atoms with Gasteiger partial charge in [0.2, 0.25) is 0 Å². The summed E-state index contributed by atoms with van der Waals surface area (Å²) in [5.74, 6) is 0.869. The van der Waals surface area contributed by atoms with Crippen molar-refractivity contribution in [1.29, 1.82) is 0 Å². The number of hydrogen-bond acceptors (Lipinski definition) is 4. The normalized spacial score (nSPS) is 17.2. The maximum absolute atomic E-state index is 12.6. The summed E-state index contributed by atoms with van der Waals surface area (Å²) < 4.78 is 5.27. The molecular weight excluding hydrogens is 296 g/mol. The van der Waals surface area contributed by atoms with E-state index in [4.69, 9.17) is 4.74 Å². The van der Waals surface area contributed by atoms with Gasteiger partial charge in [-0.2, -0.15) is 0 Å². The average molecular weight is 316 g/mol. The smallest absolute Gasteiger partial charge is 0.273 e. The molecule has 4 nitrogen and oxygen atoms in total. The van der Waals surface area contributed by atoms with Crippen LogP contribution in [0.15, 0.2) is 29.6 Å². The Morgan fingerprint density at radius 3 is 3.05 bits per heavy atom. The van der Waals surface area contributed by atoms with Gasteiger partial charge in [-0.3, -0.25) is 4.79 Å². The topological polar surface area (TPSA) is 42.4 Å². The van der Waals surface area contributed by atoms with Crippen LogP contribution in [-0.4, -0.2) is 29.4 Å². The number of thiazole rings is 1. The van der Waals surface area contributed by atoms with Gasteiger partial charge in [0.15, 0.2) is 0 Å². The maximum atomic E-state index is 12.6. The predicted molar refractivity (Wildman–Crippen MR) is 87.5 cm³/mol. The zero-order valence-corrected chi connectivity index (χ0v) is 13.7. The summed E-state index contributed by atoms with van der Waals surface area (Å²) in [4.78, 5) is 19.0. The molecule has 1 saturated heterocycles. The highest BCUT2D eigenvalue weighted by molar-refractivity contribution is 7.09. The second kappa shape index (κ2) is 6.48. The minimum atomic E-state index is 0.0395. The molecule has 1 aliphatic heterocycles. The highest BCUT2D eigenvalue weighted by Crippen LogP contribution is 2.35. The molecular formula is C17H20N2O2S. The van der Waals surface area contributed by atoms with Crippen molar-refractivity contribution in [2.75, 3.05) is 13.7 Å². The third-order valence-electron chi connectivity index (χ3n) is 3.99. The molecule has 0 spiro atoms. The molecule has 2 aromatic rings. The zero-order chi connectivity index (χ0) is 15.5. The Morgan fingerprint density at radius 2 is 2.36 bits per heavy atom. The second-order valence-electron chi connectivity index (χ2n) is 5.46. The molecule has 0 radical (unpaired) electrons. The van der Waals surface area contributed by atoms with Crippen LogP contribution >= 0.6 is 11.3 Å². The molecule has 1 aromatic carbocycles. The van der Waals surface area contributed by atoms with Crippen LogP contribution in [0.3, 0.4) is 0 Å². The molecule has 2 heterocycles. The Kier molecular flexibility index (Phi) is 4.43. The number of ether oxygens (including phenoxy) is 1. The lowest BCUT2D eigenvalue weighted by Gasteiger charge is -2.41. The summed E-state index contributed by atoms with van der Waals surface area (Å²) in [7, 11) is 1.66. The van der Waals surface area contributed by atoms with E-state index in [1.54, 1.807) is 18.4 Å². The van der Waals surface area contributed by atoms with Crippen molar-refractivity contribution in [2.45, 2.75) is 32.2 Å². The third-order valence-corrected chi connectivity index (χ3v) is 4.90. The van der Waals surface area contributed by atoms with Crippen LogP contribution in [-0.2, 0) is 6.42 Å². The number of hydrogen-bond donors (Lipinski definition) is 0. The SMILES string of the molecule is CCCc1nc(C(=O)N2CC[C@H]2c2cccc(OC)c2)cs1. The Hall–Kier alpha value is -1.88. The standard InChI is InChI=1S/C17H20N2O2S/c1-3-5-16-18-14(11-22-16)17(20)19-9-8-15(19)12-6-4-7-13(10-12)21-2/h4,6-7,10-11,15H,3,5,8-9H2,1-2H3/t15-/m0/s1. The number of carbonyl (C=O) groups excluding carboxylic acids is 1. The molecule has 0 unspecified atom stereocenters. The number of amides is 1. The number of aromatic nitrogens is 1. The highest BCUT2D eigenvalue weighted by Gasteiger charge is 2.34. The largest absolute Gasteiger partial charge is 0.497 e. The van der Waals surface area contributed by atoms with Crippen LogP contribution in [0.25, 0.3) is 0 Å². The van der Waals surface area contributed by atoms with Gasteiger partial charge in [-0.05, 0) is 37.0 Å². The van der Waals surface area contributed by atoms with Crippen molar-refractivity contribution >= 4 is 17.2 Å². The lowest BCUT2D eigenvalue weighted by atomic mass is 9.94. The molecule has 116 valence electrons. The number of benzene rings is 1. The maximum Gasteiger partial charge on any atom is 0.273 e. The molecule has 5 heteroatoms. The van der Waals surface area contributed by atoms with Crippen molar-refractivity contribution in [3.05, 3.63) is 45.9 Å². The van der Waals surface area contributed by atoms with Crippen molar-refractivity contribution in [3.63, 3.8) is 0 Å². The Bertz CT molecular complexity index is 668. The van der Waals surface area contributed by atoms with E-state index in [-0.39, 0.29) is 11.9 Å². The lowest BCUT2D eigenvalue weighted by molar-refractivity contribution is 0.0454. The summed E-state index contributed by atoms with van der Waals surface area (Å²) in [6.45, 7) is 2.92. The van der Waals surface area contributed by atoms with Gasteiger partial charge in [-0.25, -0.2) is 4.98 Å². The van der Waals surface area contributed by atoms with Gasteiger partial charge in [-0.1, -0.05) is 19.1 Å². The van der Waals surface area contributed by atoms with Crippen LogP contribution < -0.4 is 4.74 Å². The Morgan fingerprint density at radius 1 is 1.50 bits per heavy atom. The number of likely N-dealkylation sites (tertiary alicyclic amines) is 1. The van der Waals surface area contributed by atoms with E-state index >= 15 is 0 Å². The minimum Gasteiger partial charge on any atom is -0.497 e. The van der Waals surface area contributed by atoms with E-state index in [2.05, 4.69) is 18.0 Å². The molecule has 1 aliphatic rings. The fourth-order valence-corrected chi connectivity index (χ4v) is 3.58. The fraction of sp³-hybridized carbons (Fsp3) is 0.412. The van der Waals surface area contributed by atoms with E-state index in [9.17, 15) is 4.79 Å². The molecule has 22 heavy (non-hydrogen) atoms. The first-order chi connectivity index (χ1) is 10.7. The van der Waals surface area contributed by atoms with Gasteiger partial charge in [0.05, 0.1) is 18.2 Å². The summed E-state index contributed by atoms with van der Waals surface area (Å²) >= 11 is 1.58. The van der Waals surface area contributed by atoms with Crippen molar-refractivity contribution < 1.29 is 9.53 Å². The summed E-state index contributed by atoms with van der Waals surface area (Å²) in [5, 5.41) is 2.93. The monoisotopic (exact) mass is 316 g/mol. The van der Waals surface area contributed by atoms with Gasteiger partial charge in [0, 0.05) is 11.9 Å². The molecule has 0 aliphatic carbocycles. The second-order valence-corrected chi connectivity index (χ2v) is 6.40. The summed E-state index contributed by atoms with van der Waals surface area (Å²) in [6.07, 6.45) is 2.99. The van der Waals surface area contributed by atoms with Crippen molar-refractivity contribution in [3.8, 4) is 5.75 Å². The summed E-state index contributed by atoms with van der Waals surface area (Å²) in [5.41, 5.74) is 1.71. The van der Waals surface area contributed by atoms with Gasteiger partial charge < -0.3 is 9.64 Å². The predicted octanol–water partition coefficient (Wildman–Crippen LogP) is 3.69. The van der Waals surface area contributed by atoms with Crippen LogP contribution in [0.2, 0.25) is 0 Å². The van der Waals surface area contributed by atoms with E-state index < -0.39 is 0 Å². The van der Waals surface area contributed by atoms with Crippen LogP contribution in [0.4, 0.5) is 0 Å². The summed E-state index contributed by atoms with van der Waals surface area (Å²) in [6, 6.07) is 8.09. The number of carbonyl (C=O) groups is 1. The first-order valence-electron chi connectivity index (χ1n) is 7.62. The first kappa shape index (κ1) is 15.0. The van der Waals surface area contributed by atoms with Crippen molar-refractivity contribution in [1.82, 2.24) is 9.88 Å². The quantitative estimate of drug-likeness (QED) is 0.845. The van der Waals surface area contributed by atoms with E-state index in [0.717, 1.165) is 42.1 Å². The van der Waals surface area contributed by atoms with Gasteiger partial charge in [0.1, 0.15) is 11.4 Å². The van der Waals surface area contributed by atoms with E-state index in [1.807, 2.05) is 28.5 Å². The Labute approximate surface area is 134 Å². The van der Waals surface area contributed by atoms with E-state index in [0.29, 0.717) is 5.69 Å². The molecule has 0 bridgehead atoms. The molecule has 1 amide bonds. The molecule has 1 aromatic heterocycles. The van der Waals surface area contributed by atoms with Crippen LogP contribution in [0.1, 0.15) is 46.9 Å². The molecule has 3 rings (SSSR count). The van der Waals surface area contributed by atoms with Gasteiger partial charge in [0.25, 0.3) is 5.91 Å². The average Bonchev–Trinajstić information content (AvgIpc) is 2.95. The van der Waals surface area contributed by atoms with E-state index in [1.165, 1.54) is 0 Å². The first-order valence-corrected chi connectivity index (χ1v) is 8.50. The molecule has 0 N–H and O–H groups in total.